The minimum atomic E-state index is 0.0455. The van der Waals surface area contributed by atoms with Crippen molar-refractivity contribution in [1.29, 1.82) is 0 Å². The number of amides is 1. The minimum Gasteiger partial charge on any atom is -0.310 e. The van der Waals surface area contributed by atoms with E-state index in [2.05, 4.69) is 15.1 Å². The summed E-state index contributed by atoms with van der Waals surface area (Å²) in [5, 5.41) is 5.38. The Morgan fingerprint density at radius 3 is 2.76 bits per heavy atom. The van der Waals surface area contributed by atoms with Crippen LogP contribution in [0.3, 0.4) is 0 Å². The molecule has 1 aliphatic carbocycles. The number of carbonyl (C=O) groups is 1. The molecule has 1 N–H and O–H groups in total. The van der Waals surface area contributed by atoms with Crippen molar-refractivity contribution < 1.29 is 4.79 Å². The minimum absolute atomic E-state index is 0.0455. The van der Waals surface area contributed by atoms with Crippen molar-refractivity contribution in [3.05, 3.63) is 65.1 Å². The number of halogens is 1. The lowest BCUT2D eigenvalue weighted by Gasteiger charge is -2.08. The number of aromatic nitrogens is 1. The van der Waals surface area contributed by atoms with Gasteiger partial charge in [0.15, 0.2) is 5.69 Å². The third-order valence-corrected chi connectivity index (χ3v) is 4.55. The Morgan fingerprint density at radius 2 is 2.00 bits per heavy atom. The summed E-state index contributed by atoms with van der Waals surface area (Å²) in [5.41, 5.74) is 2.28. The Kier molecular flexibility index (Phi) is 3.87. The van der Waals surface area contributed by atoms with Gasteiger partial charge in [0.2, 0.25) is 5.91 Å². The zero-order valence-electron chi connectivity index (χ0n) is 13.3. The SMILES string of the molecule is [C-]#[N+]c1ccc(Cl)cc1-c1ccc2cc(NC(=O)C3CC3)ncc2c1. The van der Waals surface area contributed by atoms with E-state index in [1.54, 1.807) is 24.4 Å². The summed E-state index contributed by atoms with van der Waals surface area (Å²) in [6.45, 7) is 7.33. The number of anilines is 1. The lowest BCUT2D eigenvalue weighted by atomic mass is 10.0. The predicted octanol–water partition coefficient (Wildman–Crippen LogP) is 5.45. The summed E-state index contributed by atoms with van der Waals surface area (Å²) in [5.74, 6) is 0.764. The number of nitrogens with zero attached hydrogens (tertiary/aromatic N) is 2. The average molecular weight is 348 g/mol. The van der Waals surface area contributed by atoms with E-state index in [-0.39, 0.29) is 11.8 Å². The summed E-state index contributed by atoms with van der Waals surface area (Å²) < 4.78 is 0. The van der Waals surface area contributed by atoms with E-state index in [9.17, 15) is 4.79 Å². The van der Waals surface area contributed by atoms with Crippen LogP contribution in [0.4, 0.5) is 11.5 Å². The van der Waals surface area contributed by atoms with Crippen LogP contribution in [0.2, 0.25) is 5.02 Å². The Morgan fingerprint density at radius 1 is 1.16 bits per heavy atom. The van der Waals surface area contributed by atoms with Gasteiger partial charge in [-0.3, -0.25) is 4.79 Å². The van der Waals surface area contributed by atoms with E-state index < -0.39 is 0 Å². The lowest BCUT2D eigenvalue weighted by molar-refractivity contribution is -0.117. The Hall–Kier alpha value is -2.90. The number of carbonyl (C=O) groups excluding carboxylic acids is 1. The van der Waals surface area contributed by atoms with Crippen LogP contribution >= 0.6 is 11.6 Å². The van der Waals surface area contributed by atoms with Crippen molar-refractivity contribution in [2.24, 2.45) is 5.92 Å². The van der Waals surface area contributed by atoms with Crippen LogP contribution in [-0.2, 0) is 4.79 Å². The van der Waals surface area contributed by atoms with E-state index in [0.29, 0.717) is 16.5 Å². The molecule has 0 radical (unpaired) electrons. The molecule has 1 amide bonds. The maximum absolute atomic E-state index is 11.9. The number of hydrogen-bond acceptors (Lipinski definition) is 2. The Bertz CT molecular complexity index is 1030. The smallest absolute Gasteiger partial charge is 0.228 e. The molecular formula is C20H14ClN3O. The van der Waals surface area contributed by atoms with Gasteiger partial charge >= 0.3 is 0 Å². The largest absolute Gasteiger partial charge is 0.310 e. The molecule has 0 atom stereocenters. The molecule has 5 heteroatoms. The van der Waals surface area contributed by atoms with Crippen molar-refractivity contribution in [3.63, 3.8) is 0 Å². The predicted molar refractivity (Wildman–Crippen MR) is 99.8 cm³/mol. The van der Waals surface area contributed by atoms with Crippen molar-refractivity contribution in [1.82, 2.24) is 4.98 Å². The number of fused-ring (bicyclic) bond motifs is 1. The molecule has 1 heterocycles. The third kappa shape index (κ3) is 3.19. The lowest BCUT2D eigenvalue weighted by Crippen LogP contribution is -2.14. The van der Waals surface area contributed by atoms with E-state index in [1.165, 1.54) is 0 Å². The molecular weight excluding hydrogens is 334 g/mol. The highest BCUT2D eigenvalue weighted by Gasteiger charge is 2.29. The molecule has 4 rings (SSSR count). The topological polar surface area (TPSA) is 46.4 Å². The first-order valence-electron chi connectivity index (χ1n) is 8.02. The molecule has 0 bridgehead atoms. The van der Waals surface area contributed by atoms with Crippen LogP contribution in [-0.4, -0.2) is 10.9 Å². The molecule has 0 spiro atoms. The molecule has 1 saturated carbocycles. The summed E-state index contributed by atoms with van der Waals surface area (Å²) >= 11 is 6.09. The zero-order valence-corrected chi connectivity index (χ0v) is 14.0. The van der Waals surface area contributed by atoms with E-state index >= 15 is 0 Å². The molecule has 1 aliphatic rings. The summed E-state index contributed by atoms with van der Waals surface area (Å²) in [6.07, 6.45) is 3.67. The molecule has 4 nitrogen and oxygen atoms in total. The third-order valence-electron chi connectivity index (χ3n) is 4.31. The second kappa shape index (κ2) is 6.19. The quantitative estimate of drug-likeness (QED) is 0.640. The number of nitrogens with one attached hydrogen (secondary N) is 1. The monoisotopic (exact) mass is 347 g/mol. The second-order valence-electron chi connectivity index (χ2n) is 6.17. The number of hydrogen-bond donors (Lipinski definition) is 1. The van der Waals surface area contributed by atoms with Crippen LogP contribution < -0.4 is 5.32 Å². The maximum Gasteiger partial charge on any atom is 0.228 e. The normalized spacial score (nSPS) is 13.4. The molecule has 0 unspecified atom stereocenters. The molecule has 0 saturated heterocycles. The molecule has 1 fully saturated rings. The van der Waals surface area contributed by atoms with Gasteiger partial charge in [0.05, 0.1) is 6.57 Å². The van der Waals surface area contributed by atoms with Gasteiger partial charge in [-0.25, -0.2) is 9.83 Å². The van der Waals surface area contributed by atoms with Crippen LogP contribution in [0.1, 0.15) is 12.8 Å². The fourth-order valence-corrected chi connectivity index (χ4v) is 2.96. The highest BCUT2D eigenvalue weighted by molar-refractivity contribution is 6.31. The summed E-state index contributed by atoms with van der Waals surface area (Å²) in [7, 11) is 0. The maximum atomic E-state index is 11.9. The highest BCUT2D eigenvalue weighted by Crippen LogP contribution is 2.35. The van der Waals surface area contributed by atoms with Gasteiger partial charge < -0.3 is 5.32 Å². The van der Waals surface area contributed by atoms with E-state index in [0.717, 1.165) is 34.7 Å². The van der Waals surface area contributed by atoms with Crippen molar-refractivity contribution >= 4 is 39.8 Å². The molecule has 1 aromatic heterocycles. The van der Waals surface area contributed by atoms with Crippen molar-refractivity contribution in [2.75, 3.05) is 5.32 Å². The van der Waals surface area contributed by atoms with Gasteiger partial charge in [0, 0.05) is 22.5 Å². The van der Waals surface area contributed by atoms with Crippen LogP contribution in [0.25, 0.3) is 26.7 Å². The van der Waals surface area contributed by atoms with Gasteiger partial charge in [-0.05, 0) is 47.6 Å². The Labute approximate surface area is 150 Å². The number of benzene rings is 2. The van der Waals surface area contributed by atoms with Gasteiger partial charge in [0.25, 0.3) is 0 Å². The molecule has 122 valence electrons. The zero-order chi connectivity index (χ0) is 17.4. The molecule has 2 aromatic carbocycles. The van der Waals surface area contributed by atoms with E-state index in [1.807, 2.05) is 24.3 Å². The fourth-order valence-electron chi connectivity index (χ4n) is 2.79. The molecule has 25 heavy (non-hydrogen) atoms. The summed E-state index contributed by atoms with van der Waals surface area (Å²) in [6, 6.07) is 13.0. The Balaban J connectivity index is 1.70. The van der Waals surface area contributed by atoms with Gasteiger partial charge in [0.1, 0.15) is 5.82 Å². The fraction of sp³-hybridized carbons (Fsp3) is 0.150. The standard InChI is InChI=1S/C20H14ClN3O/c1-22-18-7-6-16(21)10-17(18)14-5-4-13-9-19(23-11-15(13)8-14)24-20(25)12-2-3-12/h4-12H,2-3H2,(H,23,24,25). The van der Waals surface area contributed by atoms with Gasteiger partial charge in [-0.15, -0.1) is 0 Å². The molecule has 0 aliphatic heterocycles. The van der Waals surface area contributed by atoms with Crippen molar-refractivity contribution in [3.8, 4) is 11.1 Å². The average Bonchev–Trinajstić information content (AvgIpc) is 3.46. The second-order valence-corrected chi connectivity index (χ2v) is 6.60. The van der Waals surface area contributed by atoms with E-state index in [4.69, 9.17) is 18.2 Å². The van der Waals surface area contributed by atoms with Crippen molar-refractivity contribution in [2.45, 2.75) is 12.8 Å². The first-order chi connectivity index (χ1) is 12.1. The first kappa shape index (κ1) is 15.6. The highest BCUT2D eigenvalue weighted by atomic mass is 35.5. The van der Waals surface area contributed by atoms with Crippen LogP contribution in [0.5, 0.6) is 0 Å². The van der Waals surface area contributed by atoms with Gasteiger partial charge in [-0.1, -0.05) is 35.9 Å². The molecule has 3 aromatic rings. The van der Waals surface area contributed by atoms with Crippen LogP contribution in [0, 0.1) is 12.5 Å². The number of rotatable bonds is 3. The van der Waals surface area contributed by atoms with Gasteiger partial charge in [-0.2, -0.15) is 0 Å². The first-order valence-corrected chi connectivity index (χ1v) is 8.40. The number of pyridine rings is 1. The summed E-state index contributed by atoms with van der Waals surface area (Å²) in [4.78, 5) is 19.8. The van der Waals surface area contributed by atoms with Crippen LogP contribution in [0.15, 0.2) is 48.7 Å².